The average Bonchev–Trinajstić information content (AvgIpc) is 3.08. The molecule has 6 nitrogen and oxygen atoms in total. The molecule has 2 saturated heterocycles. The Balaban J connectivity index is 1.42. The van der Waals surface area contributed by atoms with Gasteiger partial charge >= 0.3 is 0 Å². The Morgan fingerprint density at radius 2 is 1.93 bits per heavy atom. The highest BCUT2D eigenvalue weighted by Crippen LogP contribution is 2.31. The molecule has 0 spiro atoms. The molecule has 3 heterocycles. The molecule has 0 bridgehead atoms. The number of carbonyl (C=O) groups is 1. The molecule has 0 saturated carbocycles. The lowest BCUT2D eigenvalue weighted by Crippen LogP contribution is -2.44. The van der Waals surface area contributed by atoms with Gasteiger partial charge in [-0.25, -0.2) is 4.98 Å². The molecule has 4 rings (SSSR count). The third kappa shape index (κ3) is 5.22. The highest BCUT2D eigenvalue weighted by Gasteiger charge is 2.32. The van der Waals surface area contributed by atoms with Gasteiger partial charge in [0, 0.05) is 13.0 Å². The lowest BCUT2D eigenvalue weighted by molar-refractivity contribution is -0.136. The van der Waals surface area contributed by atoms with Crippen LogP contribution in [0, 0.1) is 0 Å². The Morgan fingerprint density at radius 1 is 1.13 bits per heavy atom. The van der Waals surface area contributed by atoms with Crippen molar-refractivity contribution in [3.63, 3.8) is 0 Å². The second kappa shape index (κ2) is 10.1. The van der Waals surface area contributed by atoms with E-state index in [1.807, 2.05) is 23.1 Å². The van der Waals surface area contributed by atoms with Crippen LogP contribution in [0.3, 0.4) is 0 Å². The van der Waals surface area contributed by atoms with E-state index in [0.29, 0.717) is 18.9 Å². The summed E-state index contributed by atoms with van der Waals surface area (Å²) in [5, 5.41) is 0. The maximum atomic E-state index is 13.1. The van der Waals surface area contributed by atoms with Crippen LogP contribution in [0.4, 0.5) is 0 Å². The number of piperidine rings is 1. The van der Waals surface area contributed by atoms with Gasteiger partial charge in [0.2, 0.25) is 11.8 Å². The Hall–Kier alpha value is -2.34. The van der Waals surface area contributed by atoms with E-state index in [4.69, 9.17) is 9.15 Å². The second-order valence-electron chi connectivity index (χ2n) is 8.48. The summed E-state index contributed by atoms with van der Waals surface area (Å²) < 4.78 is 11.4. The van der Waals surface area contributed by atoms with E-state index in [1.54, 1.807) is 13.3 Å². The number of amides is 1. The van der Waals surface area contributed by atoms with Crippen LogP contribution in [0.2, 0.25) is 0 Å². The Kier molecular flexibility index (Phi) is 7.05. The van der Waals surface area contributed by atoms with Crippen LogP contribution >= 0.6 is 0 Å². The monoisotopic (exact) mass is 411 g/mol. The highest BCUT2D eigenvalue weighted by molar-refractivity contribution is 5.78. The fraction of sp³-hybridized carbons (Fsp3) is 0.583. The van der Waals surface area contributed by atoms with E-state index in [9.17, 15) is 4.79 Å². The summed E-state index contributed by atoms with van der Waals surface area (Å²) in [7, 11) is 1.67. The molecule has 6 heteroatoms. The van der Waals surface area contributed by atoms with Crippen LogP contribution in [0.5, 0.6) is 5.75 Å². The van der Waals surface area contributed by atoms with Gasteiger partial charge in [0.05, 0.1) is 19.9 Å². The fourth-order valence-corrected chi connectivity index (χ4v) is 4.61. The Morgan fingerprint density at radius 3 is 2.73 bits per heavy atom. The maximum absolute atomic E-state index is 13.1. The molecule has 162 valence electrons. The molecule has 30 heavy (non-hydrogen) atoms. The lowest BCUT2D eigenvalue weighted by Gasteiger charge is -2.35. The van der Waals surface area contributed by atoms with Crippen molar-refractivity contribution in [1.82, 2.24) is 14.8 Å². The molecule has 0 N–H and O–H groups in total. The summed E-state index contributed by atoms with van der Waals surface area (Å²) in [6.07, 6.45) is 10.5. The van der Waals surface area contributed by atoms with Crippen LogP contribution in [0.15, 0.2) is 34.9 Å². The first-order chi connectivity index (χ1) is 14.7. The normalized spacial score (nSPS) is 20.7. The summed E-state index contributed by atoms with van der Waals surface area (Å²) in [6, 6.07) is 7.95. The number of nitrogens with zero attached hydrogens (tertiary/aromatic N) is 3. The number of likely N-dealkylation sites (tertiary alicyclic amines) is 2. The van der Waals surface area contributed by atoms with E-state index in [2.05, 4.69) is 16.0 Å². The van der Waals surface area contributed by atoms with Crippen LogP contribution in [0.1, 0.15) is 68.2 Å². The largest absolute Gasteiger partial charge is 0.497 e. The van der Waals surface area contributed by atoms with E-state index in [0.717, 1.165) is 56.0 Å². The predicted octanol–water partition coefficient (Wildman–Crippen LogP) is 4.20. The van der Waals surface area contributed by atoms with Gasteiger partial charge in [-0.15, -0.1) is 0 Å². The first-order valence-electron chi connectivity index (χ1n) is 11.3. The molecule has 2 fully saturated rings. The van der Waals surface area contributed by atoms with Crippen molar-refractivity contribution in [2.24, 2.45) is 0 Å². The number of ether oxygens (including phenoxy) is 1. The Labute approximate surface area is 179 Å². The molecule has 1 unspecified atom stereocenters. The van der Waals surface area contributed by atoms with Crippen molar-refractivity contribution >= 4 is 5.91 Å². The van der Waals surface area contributed by atoms with Crippen LogP contribution in [-0.4, -0.2) is 54.0 Å². The third-order valence-electron chi connectivity index (χ3n) is 6.25. The first kappa shape index (κ1) is 20.9. The number of rotatable bonds is 6. The number of benzene rings is 1. The maximum Gasteiger partial charge on any atom is 0.237 e. The number of aromatic nitrogens is 1. The molecule has 0 radical (unpaired) electrons. The van der Waals surface area contributed by atoms with Gasteiger partial charge in [-0.05, 0) is 62.9 Å². The minimum absolute atomic E-state index is 0.0442. The van der Waals surface area contributed by atoms with E-state index in [1.165, 1.54) is 25.7 Å². The van der Waals surface area contributed by atoms with Crippen molar-refractivity contribution < 1.29 is 13.9 Å². The lowest BCUT2D eigenvalue weighted by atomic mass is 10.0. The Bertz CT molecular complexity index is 827. The van der Waals surface area contributed by atoms with Gasteiger partial charge in [0.15, 0.2) is 0 Å². The minimum atomic E-state index is -0.0442. The van der Waals surface area contributed by atoms with Gasteiger partial charge in [0.25, 0.3) is 0 Å². The zero-order valence-corrected chi connectivity index (χ0v) is 18.0. The van der Waals surface area contributed by atoms with Crippen LogP contribution in [0.25, 0.3) is 0 Å². The molecule has 2 aromatic rings. The molecule has 1 aromatic carbocycles. The van der Waals surface area contributed by atoms with Crippen molar-refractivity contribution in [1.29, 1.82) is 0 Å². The molecule has 1 atom stereocenters. The summed E-state index contributed by atoms with van der Waals surface area (Å²) in [5.74, 6) is 2.56. The third-order valence-corrected chi connectivity index (χ3v) is 6.25. The van der Waals surface area contributed by atoms with Crippen molar-refractivity contribution in [3.8, 4) is 5.75 Å². The topological polar surface area (TPSA) is 58.8 Å². The predicted molar refractivity (Wildman–Crippen MR) is 116 cm³/mol. The number of hydrogen-bond donors (Lipinski definition) is 0. The van der Waals surface area contributed by atoms with Crippen molar-refractivity contribution in [3.05, 3.63) is 47.7 Å². The summed E-state index contributed by atoms with van der Waals surface area (Å²) >= 11 is 0. The van der Waals surface area contributed by atoms with Crippen molar-refractivity contribution in [2.75, 3.05) is 33.3 Å². The van der Waals surface area contributed by atoms with Gasteiger partial charge in [-0.2, -0.15) is 0 Å². The zero-order valence-electron chi connectivity index (χ0n) is 18.0. The van der Waals surface area contributed by atoms with Gasteiger partial charge < -0.3 is 14.1 Å². The second-order valence-corrected chi connectivity index (χ2v) is 8.48. The van der Waals surface area contributed by atoms with Crippen LogP contribution < -0.4 is 4.74 Å². The van der Waals surface area contributed by atoms with Gasteiger partial charge in [-0.1, -0.05) is 25.0 Å². The number of oxazole rings is 1. The minimum Gasteiger partial charge on any atom is -0.497 e. The van der Waals surface area contributed by atoms with Gasteiger partial charge in [0.1, 0.15) is 17.6 Å². The van der Waals surface area contributed by atoms with E-state index < -0.39 is 0 Å². The van der Waals surface area contributed by atoms with Crippen LogP contribution in [-0.2, 0) is 11.2 Å². The number of carbonyl (C=O) groups excluding carboxylic acids is 1. The zero-order chi connectivity index (χ0) is 20.8. The molecular weight excluding hydrogens is 378 g/mol. The molecule has 1 amide bonds. The SMILES string of the molecule is COc1cccc(Cc2cnc(C3CCCCN3C(=O)CN3CCCCCC3)o2)c1. The van der Waals surface area contributed by atoms with Gasteiger partial charge in [-0.3, -0.25) is 9.69 Å². The number of hydrogen-bond acceptors (Lipinski definition) is 5. The molecule has 1 aromatic heterocycles. The summed E-state index contributed by atoms with van der Waals surface area (Å²) in [6.45, 7) is 3.39. The molecule has 2 aliphatic rings. The summed E-state index contributed by atoms with van der Waals surface area (Å²) in [5.41, 5.74) is 1.12. The fourth-order valence-electron chi connectivity index (χ4n) is 4.61. The smallest absolute Gasteiger partial charge is 0.237 e. The standard InChI is InChI=1S/C24H33N3O3/c1-29-20-10-8-9-19(15-20)16-21-17-25-24(30-21)22-11-4-7-14-27(22)23(28)18-26-12-5-2-3-6-13-26/h8-10,15,17,22H,2-7,11-14,16,18H2,1H3. The molecular formula is C24H33N3O3. The van der Waals surface area contributed by atoms with Crippen molar-refractivity contribution in [2.45, 2.75) is 57.4 Å². The molecule has 2 aliphatic heterocycles. The quantitative estimate of drug-likeness (QED) is 0.713. The van der Waals surface area contributed by atoms with E-state index in [-0.39, 0.29) is 11.9 Å². The first-order valence-corrected chi connectivity index (χ1v) is 11.3. The van der Waals surface area contributed by atoms with E-state index >= 15 is 0 Å². The highest BCUT2D eigenvalue weighted by atomic mass is 16.5. The number of methoxy groups -OCH3 is 1. The molecule has 0 aliphatic carbocycles. The average molecular weight is 412 g/mol. The summed E-state index contributed by atoms with van der Waals surface area (Å²) in [4.78, 5) is 22.0.